The Hall–Kier alpha value is -1.51. The molecule has 0 aromatic carbocycles. The van der Waals surface area contributed by atoms with E-state index in [1.165, 1.54) is 6.92 Å². The van der Waals surface area contributed by atoms with Crippen molar-refractivity contribution in [3.05, 3.63) is 0 Å². The first-order chi connectivity index (χ1) is 7.31. The van der Waals surface area contributed by atoms with Gasteiger partial charge < -0.3 is 26.2 Å². The van der Waals surface area contributed by atoms with E-state index in [2.05, 4.69) is 4.99 Å². The molecule has 3 atom stereocenters. The average Bonchev–Trinajstić information content (AvgIpc) is 2.22. The summed E-state index contributed by atoms with van der Waals surface area (Å²) in [5.41, 5.74) is 5.17. The van der Waals surface area contributed by atoms with Crippen molar-refractivity contribution in [3.63, 3.8) is 0 Å². The lowest BCUT2D eigenvalue weighted by Crippen LogP contribution is -2.45. The first-order valence-electron chi connectivity index (χ1n) is 4.34. The number of aliphatic carboxylic acids is 1. The van der Waals surface area contributed by atoms with E-state index in [1.807, 2.05) is 0 Å². The third-order valence-electron chi connectivity index (χ3n) is 1.70. The number of aliphatic imine (C=N–C) groups is 1. The summed E-state index contributed by atoms with van der Waals surface area (Å²) < 4.78 is 0. The van der Waals surface area contributed by atoms with Gasteiger partial charge in [0.15, 0.2) is 18.0 Å². The lowest BCUT2D eigenvalue weighted by Gasteiger charge is -2.16. The van der Waals surface area contributed by atoms with Gasteiger partial charge in [0.2, 0.25) is 0 Å². The van der Waals surface area contributed by atoms with Crippen LogP contribution in [0.3, 0.4) is 0 Å². The van der Waals surface area contributed by atoms with Crippen molar-refractivity contribution in [1.29, 1.82) is 0 Å². The Morgan fingerprint density at radius 1 is 1.31 bits per heavy atom. The van der Waals surface area contributed by atoms with Gasteiger partial charge in [-0.2, -0.15) is 0 Å². The molecule has 0 saturated heterocycles. The van der Waals surface area contributed by atoms with Gasteiger partial charge in [-0.05, 0) is 6.92 Å². The molecule has 0 fully saturated rings. The van der Waals surface area contributed by atoms with Crippen molar-refractivity contribution < 1.29 is 30.0 Å². The van der Waals surface area contributed by atoms with Crippen LogP contribution in [0.15, 0.2) is 4.99 Å². The third-order valence-corrected chi connectivity index (χ3v) is 1.70. The predicted molar refractivity (Wildman–Crippen MR) is 52.8 cm³/mol. The molecule has 0 aromatic rings. The molecule has 0 aliphatic carbocycles. The van der Waals surface area contributed by atoms with E-state index in [4.69, 9.17) is 26.2 Å². The normalized spacial score (nSPS) is 17.6. The highest BCUT2D eigenvalue weighted by Crippen LogP contribution is 2.03. The zero-order chi connectivity index (χ0) is 12.9. The Bertz CT molecular complexity index is 299. The van der Waals surface area contributed by atoms with Crippen LogP contribution in [0.4, 0.5) is 0 Å². The van der Waals surface area contributed by atoms with Crippen molar-refractivity contribution in [1.82, 2.24) is 0 Å². The van der Waals surface area contributed by atoms with Gasteiger partial charge in [0.1, 0.15) is 6.04 Å². The molecule has 0 spiro atoms. The fourth-order valence-corrected chi connectivity index (χ4v) is 0.928. The molecule has 0 amide bonds. The number of nitrogens with two attached hydrogens (primary N) is 1. The number of Topliss-reactive ketones (excluding diaryl/α,β-unsaturated/α-hetero) is 1. The molecule has 0 radical (unpaired) electrons. The van der Waals surface area contributed by atoms with Crippen LogP contribution in [-0.2, 0) is 9.59 Å². The highest BCUT2D eigenvalue weighted by atomic mass is 16.4. The van der Waals surface area contributed by atoms with Crippen LogP contribution in [0.25, 0.3) is 0 Å². The minimum atomic E-state index is -2.25. The van der Waals surface area contributed by atoms with Crippen LogP contribution in [0.1, 0.15) is 6.92 Å². The summed E-state index contributed by atoms with van der Waals surface area (Å²) in [6.45, 7) is 0.618. The fourth-order valence-electron chi connectivity index (χ4n) is 0.928. The number of rotatable bonds is 6. The Kier molecular flexibility index (Phi) is 5.57. The Morgan fingerprint density at radius 3 is 2.12 bits per heavy atom. The van der Waals surface area contributed by atoms with E-state index in [0.717, 1.165) is 0 Å². The fraction of sp³-hybridized carbons (Fsp3) is 0.625. The average molecular weight is 234 g/mol. The summed E-state index contributed by atoms with van der Waals surface area (Å²) in [4.78, 5) is 25.1. The highest BCUT2D eigenvalue weighted by Gasteiger charge is 2.34. The van der Waals surface area contributed by atoms with E-state index in [0.29, 0.717) is 0 Å². The predicted octanol–water partition coefficient (Wildman–Crippen LogP) is -2.90. The Labute approximate surface area is 91.0 Å². The van der Waals surface area contributed by atoms with Crippen LogP contribution in [0.5, 0.6) is 0 Å². The largest absolute Gasteiger partial charge is 0.479 e. The Morgan fingerprint density at radius 2 is 1.81 bits per heavy atom. The van der Waals surface area contributed by atoms with Crippen LogP contribution in [0, 0.1) is 0 Å². The molecule has 0 unspecified atom stereocenters. The van der Waals surface area contributed by atoms with E-state index < -0.39 is 36.6 Å². The summed E-state index contributed by atoms with van der Waals surface area (Å²) in [6.07, 6.45) is -4.41. The van der Waals surface area contributed by atoms with Gasteiger partial charge in [0, 0.05) is 0 Å². The van der Waals surface area contributed by atoms with Gasteiger partial charge in [-0.25, -0.2) is 4.79 Å². The minimum Gasteiger partial charge on any atom is -0.479 e. The highest BCUT2D eigenvalue weighted by molar-refractivity contribution is 5.94. The maximum absolute atomic E-state index is 11.4. The van der Waals surface area contributed by atoms with Gasteiger partial charge in [0.25, 0.3) is 0 Å². The summed E-state index contributed by atoms with van der Waals surface area (Å²) in [6, 6.07) is -1.38. The molecule has 8 heteroatoms. The zero-order valence-corrected chi connectivity index (χ0v) is 8.57. The van der Waals surface area contributed by atoms with Crippen molar-refractivity contribution in [2.45, 2.75) is 25.2 Å². The molecular formula is C8H14N2O6. The maximum Gasteiger partial charge on any atom is 0.335 e. The second-order valence-electron chi connectivity index (χ2n) is 3.10. The van der Waals surface area contributed by atoms with E-state index in [1.54, 1.807) is 0 Å². The van der Waals surface area contributed by atoms with Gasteiger partial charge >= 0.3 is 5.97 Å². The van der Waals surface area contributed by atoms with E-state index in [9.17, 15) is 9.59 Å². The summed E-state index contributed by atoms with van der Waals surface area (Å²) in [7, 11) is 0. The molecule has 0 aliphatic rings. The monoisotopic (exact) mass is 234 g/mol. The summed E-state index contributed by atoms with van der Waals surface area (Å²) in [5, 5.41) is 35.2. The van der Waals surface area contributed by atoms with Crippen LogP contribution in [0.2, 0.25) is 0 Å². The maximum atomic E-state index is 11.4. The van der Waals surface area contributed by atoms with E-state index in [-0.39, 0.29) is 5.84 Å². The number of hydrogen-bond donors (Lipinski definition) is 5. The van der Waals surface area contributed by atoms with Crippen molar-refractivity contribution in [2.75, 3.05) is 6.61 Å². The van der Waals surface area contributed by atoms with Crippen LogP contribution < -0.4 is 5.73 Å². The van der Waals surface area contributed by atoms with Crippen LogP contribution in [-0.4, -0.2) is 62.9 Å². The molecule has 0 aliphatic heterocycles. The van der Waals surface area contributed by atoms with Crippen molar-refractivity contribution in [3.8, 4) is 0 Å². The van der Waals surface area contributed by atoms with Gasteiger partial charge in [-0.3, -0.25) is 9.79 Å². The zero-order valence-electron chi connectivity index (χ0n) is 8.57. The number of aliphatic hydroxyl groups excluding tert-OH is 3. The first-order valence-corrected chi connectivity index (χ1v) is 4.34. The summed E-state index contributed by atoms with van der Waals surface area (Å²) >= 11 is 0. The lowest BCUT2D eigenvalue weighted by atomic mass is 10.0. The van der Waals surface area contributed by atoms with E-state index >= 15 is 0 Å². The number of aliphatic hydroxyl groups is 3. The topological polar surface area (TPSA) is 153 Å². The number of carboxylic acids is 1. The first kappa shape index (κ1) is 14.5. The number of carboxylic acid groups (broad SMARTS) is 1. The number of ketones is 1. The quantitative estimate of drug-likeness (QED) is 0.244. The lowest BCUT2D eigenvalue weighted by molar-refractivity contribution is -0.158. The molecule has 6 N–H and O–H groups in total. The third kappa shape index (κ3) is 3.93. The SMILES string of the molecule is CC(N)=N[C@@H](CO)C(=O)[C@@H](O)[C@H](O)C(=O)O. The molecule has 16 heavy (non-hydrogen) atoms. The molecule has 0 aromatic heterocycles. The number of amidine groups is 1. The molecule has 0 saturated carbocycles. The minimum absolute atomic E-state index is 0.00980. The second-order valence-corrected chi connectivity index (χ2v) is 3.10. The van der Waals surface area contributed by atoms with Gasteiger partial charge in [-0.1, -0.05) is 0 Å². The standard InChI is InChI=1S/C8H14N2O6/c1-3(9)10-4(2-11)5(12)6(13)7(14)8(15)16/h4,6-7,11,13-14H,2H2,1H3,(H2,9,10)(H,15,16)/t4-,6+,7-/m0/s1. The molecule has 0 bridgehead atoms. The second kappa shape index (κ2) is 6.16. The molecular weight excluding hydrogens is 220 g/mol. The van der Waals surface area contributed by atoms with Gasteiger partial charge in [0.05, 0.1) is 12.4 Å². The smallest absolute Gasteiger partial charge is 0.335 e. The van der Waals surface area contributed by atoms with Crippen LogP contribution >= 0.6 is 0 Å². The van der Waals surface area contributed by atoms with Crippen molar-refractivity contribution >= 4 is 17.6 Å². The number of carbonyl (C=O) groups is 2. The molecule has 92 valence electrons. The molecule has 8 nitrogen and oxygen atoms in total. The number of nitrogens with zero attached hydrogens (tertiary/aromatic N) is 1. The van der Waals surface area contributed by atoms with Crippen molar-refractivity contribution in [2.24, 2.45) is 10.7 Å². The molecule has 0 heterocycles. The molecule has 0 rings (SSSR count). The number of carbonyl (C=O) groups excluding carboxylic acids is 1. The Balaban J connectivity index is 4.76. The van der Waals surface area contributed by atoms with Gasteiger partial charge in [-0.15, -0.1) is 0 Å². The summed E-state index contributed by atoms with van der Waals surface area (Å²) in [5.74, 6) is -2.86. The number of hydrogen-bond acceptors (Lipinski definition) is 6.